The largest absolute Gasteiger partial charge is 0.404 e. The first kappa shape index (κ1) is 52.5. The Morgan fingerprint density at radius 2 is 1.55 bits per heavy atom. The molecule has 3 aromatic rings. The van der Waals surface area contributed by atoms with Gasteiger partial charge in [0.1, 0.15) is 0 Å². The van der Waals surface area contributed by atoms with Crippen molar-refractivity contribution in [1.29, 1.82) is 0 Å². The fourth-order valence-electron chi connectivity index (χ4n) is 9.71. The van der Waals surface area contributed by atoms with Crippen LogP contribution in [0.2, 0.25) is 0 Å². The van der Waals surface area contributed by atoms with E-state index in [1.165, 1.54) is 18.2 Å². The molecular weight excluding hydrogens is 922 g/mol. The third-order valence-electron chi connectivity index (χ3n) is 13.0. The van der Waals surface area contributed by atoms with E-state index in [0.717, 1.165) is 61.3 Å². The van der Waals surface area contributed by atoms with Gasteiger partial charge < -0.3 is 34.2 Å². The standard InChI is InChI=1S/C49H63F2N4O9PS2/c1-30(2)21-45(58)66-19-17-63-65(62,64-18-20-67-46(59)22-31(3)4)49(50,51)36-14-13-32-11-12-34(23-35(32)24-36)47(60)54-37-9-7-6-8-10-38-39(26-37)40(27-43(38)56)48(61)55-28-41(42(29-55)52-5)33-15-16-53-44(57)25-33/h11-16,23-25,30-31,37-43,56H,6-10,17-22,26-29H2,1-4H3,(H,53,57)(H,54,60)/t37-,38+,39?,40+,41+,42-,43+/m0/s1. The highest BCUT2D eigenvalue weighted by atomic mass is 32.2. The molecule has 0 bridgehead atoms. The molecule has 3 aliphatic rings. The van der Waals surface area contributed by atoms with E-state index >= 15 is 8.78 Å². The number of likely N-dealkylation sites (tertiary alicyclic amines) is 1. The van der Waals surface area contributed by atoms with Crippen molar-refractivity contribution in [1.82, 2.24) is 15.2 Å². The minimum atomic E-state index is -5.25. The van der Waals surface area contributed by atoms with Gasteiger partial charge in [0.25, 0.3) is 5.91 Å². The molecule has 1 aromatic heterocycles. The highest BCUT2D eigenvalue weighted by molar-refractivity contribution is 8.13. The van der Waals surface area contributed by atoms with Crippen LogP contribution in [-0.2, 0) is 33.7 Å². The minimum Gasteiger partial charge on any atom is -0.393 e. The average molecular weight is 985 g/mol. The summed E-state index contributed by atoms with van der Waals surface area (Å²) < 4.78 is 58.0. The number of hydrogen-bond donors (Lipinski definition) is 3. The summed E-state index contributed by atoms with van der Waals surface area (Å²) in [6, 6.07) is 10.8. The van der Waals surface area contributed by atoms with Crippen molar-refractivity contribution in [3.8, 4) is 0 Å². The van der Waals surface area contributed by atoms with Gasteiger partial charge in [-0.05, 0) is 90.0 Å². The van der Waals surface area contributed by atoms with E-state index in [4.69, 9.17) is 15.6 Å². The number of thioether (sulfide) groups is 2. The van der Waals surface area contributed by atoms with Crippen LogP contribution in [0.4, 0.5) is 8.78 Å². The quantitative estimate of drug-likeness (QED) is 0.0629. The molecule has 2 amide bonds. The number of pyridine rings is 1. The van der Waals surface area contributed by atoms with Crippen molar-refractivity contribution in [2.75, 3.05) is 37.8 Å². The topological polar surface area (TPSA) is 177 Å². The molecule has 6 rings (SSSR count). The van der Waals surface area contributed by atoms with E-state index < -0.39 is 56.0 Å². The summed E-state index contributed by atoms with van der Waals surface area (Å²) in [4.78, 5) is 73.2. The molecule has 0 spiro atoms. The van der Waals surface area contributed by atoms with Crippen LogP contribution in [0.3, 0.4) is 0 Å². The second kappa shape index (κ2) is 23.6. The normalized spacial score (nSPS) is 23.6. The summed E-state index contributed by atoms with van der Waals surface area (Å²) in [5, 5.41) is 15.1. The number of alkyl halides is 2. The zero-order valence-electron chi connectivity index (χ0n) is 38.6. The Hall–Kier alpha value is -3.91. The number of halogens is 2. The van der Waals surface area contributed by atoms with Crippen molar-refractivity contribution in [3.05, 3.63) is 93.2 Å². The first-order chi connectivity index (χ1) is 31.9. The lowest BCUT2D eigenvalue weighted by Gasteiger charge is -2.30. The van der Waals surface area contributed by atoms with Crippen LogP contribution in [-0.4, -0.2) is 93.0 Å². The molecule has 3 N–H and O–H groups in total. The molecule has 13 nitrogen and oxygen atoms in total. The summed E-state index contributed by atoms with van der Waals surface area (Å²) in [5.74, 6) is -1.64. The van der Waals surface area contributed by atoms with Crippen molar-refractivity contribution in [2.24, 2.45) is 29.6 Å². The van der Waals surface area contributed by atoms with E-state index in [1.807, 2.05) is 27.7 Å². The predicted octanol–water partition coefficient (Wildman–Crippen LogP) is 9.40. The number of aromatic nitrogens is 1. The van der Waals surface area contributed by atoms with Gasteiger partial charge in [-0.2, -0.15) is 8.78 Å². The van der Waals surface area contributed by atoms with Crippen LogP contribution in [0.25, 0.3) is 15.6 Å². The number of aliphatic hydroxyl groups excluding tert-OH is 1. The van der Waals surface area contributed by atoms with Crippen molar-refractivity contribution >= 4 is 63.9 Å². The van der Waals surface area contributed by atoms with Gasteiger partial charge in [-0.1, -0.05) is 88.7 Å². The van der Waals surface area contributed by atoms with Crippen molar-refractivity contribution in [2.45, 2.75) is 115 Å². The number of aliphatic hydroxyl groups is 1. The molecule has 2 aromatic carbocycles. The van der Waals surface area contributed by atoms with Gasteiger partial charge >= 0.3 is 13.3 Å². The number of benzene rings is 2. The van der Waals surface area contributed by atoms with Gasteiger partial charge in [0, 0.05) is 66.2 Å². The first-order valence-corrected chi connectivity index (χ1v) is 26.9. The second-order valence-electron chi connectivity index (χ2n) is 18.9. The number of nitrogens with zero attached hydrogens (tertiary/aromatic N) is 2. The van der Waals surface area contributed by atoms with Crippen LogP contribution in [0.5, 0.6) is 0 Å². The fourth-order valence-corrected chi connectivity index (χ4v) is 13.2. The van der Waals surface area contributed by atoms with E-state index in [9.17, 15) is 33.6 Å². The molecule has 2 heterocycles. The zero-order chi connectivity index (χ0) is 48.5. The Morgan fingerprint density at radius 3 is 2.19 bits per heavy atom. The molecule has 2 aliphatic carbocycles. The number of carbonyl (C=O) groups excluding carboxylic acids is 4. The van der Waals surface area contributed by atoms with Gasteiger partial charge in [0.15, 0.2) is 10.2 Å². The lowest BCUT2D eigenvalue weighted by Crippen LogP contribution is -2.41. The number of rotatable bonds is 18. The summed E-state index contributed by atoms with van der Waals surface area (Å²) >= 11 is 1.81. The number of carbonyl (C=O) groups is 4. The van der Waals surface area contributed by atoms with E-state index in [1.54, 1.807) is 29.3 Å². The van der Waals surface area contributed by atoms with Crippen LogP contribution in [0.15, 0.2) is 59.5 Å². The van der Waals surface area contributed by atoms with Crippen LogP contribution in [0, 0.1) is 36.2 Å². The van der Waals surface area contributed by atoms with Crippen LogP contribution >= 0.6 is 31.1 Å². The maximum Gasteiger partial charge on any atom is 0.404 e. The third-order valence-corrected chi connectivity index (χ3v) is 16.7. The summed E-state index contributed by atoms with van der Waals surface area (Å²) in [7, 11) is -5.25. The molecular formula is C49H63F2N4O9PS2. The number of hydrogen-bond acceptors (Lipinski definition) is 11. The molecule has 18 heteroatoms. The Morgan fingerprint density at radius 1 is 0.896 bits per heavy atom. The maximum atomic E-state index is 16.6. The molecule has 364 valence electrons. The number of fused-ring (bicyclic) bond motifs is 2. The fraction of sp³-hybridized carbons (Fsp3) is 0.592. The Balaban J connectivity index is 1.18. The van der Waals surface area contributed by atoms with Crippen molar-refractivity contribution < 1.29 is 46.7 Å². The monoisotopic (exact) mass is 984 g/mol. The summed E-state index contributed by atoms with van der Waals surface area (Å²) in [5.41, 5.74) is -4.18. The molecule has 7 atom stereocenters. The molecule has 3 fully saturated rings. The second-order valence-corrected chi connectivity index (χ2v) is 23.3. The average Bonchev–Trinajstić information content (AvgIpc) is 3.88. The SMILES string of the molecule is [C-]#[N+][C@H]1CN(C(=O)[C@@H]2C[C@@H](O)[C@@H]3CCCCC[C@H](NC(=O)c4ccc5ccc(C(F)(F)P(=O)(OCCSC(=O)CC(C)C)OCCSC(=O)CC(C)C)cc5c4)CC32)C[C@@H]1c1cc[nH]c(=O)c1. The molecule has 67 heavy (non-hydrogen) atoms. The Bertz CT molecular complexity index is 2360. The Labute approximate surface area is 400 Å². The molecule has 1 unspecified atom stereocenters. The van der Waals surface area contributed by atoms with Gasteiger partial charge in [0.2, 0.25) is 17.5 Å². The lowest BCUT2D eigenvalue weighted by atomic mass is 9.81. The highest BCUT2D eigenvalue weighted by Gasteiger charge is 2.55. The third kappa shape index (κ3) is 13.5. The van der Waals surface area contributed by atoms with E-state index in [2.05, 4.69) is 15.1 Å². The molecule has 0 radical (unpaired) electrons. The number of nitrogens with one attached hydrogen (secondary N) is 2. The van der Waals surface area contributed by atoms with Gasteiger partial charge in [0.05, 0.1) is 31.8 Å². The Kier molecular flexibility index (Phi) is 18.5. The van der Waals surface area contributed by atoms with Crippen molar-refractivity contribution in [3.63, 3.8) is 0 Å². The minimum absolute atomic E-state index is 0.0196. The molecule has 1 saturated heterocycles. The van der Waals surface area contributed by atoms with Gasteiger partial charge in [-0.25, -0.2) is 6.57 Å². The lowest BCUT2D eigenvalue weighted by molar-refractivity contribution is -0.136. The predicted molar refractivity (Wildman–Crippen MR) is 258 cm³/mol. The highest BCUT2D eigenvalue weighted by Crippen LogP contribution is 2.67. The van der Waals surface area contributed by atoms with E-state index in [-0.39, 0.29) is 112 Å². The van der Waals surface area contributed by atoms with Crippen LogP contribution in [0.1, 0.15) is 113 Å². The smallest absolute Gasteiger partial charge is 0.393 e. The number of aromatic amines is 1. The summed E-state index contributed by atoms with van der Waals surface area (Å²) in [6.45, 7) is 15.0. The number of H-pyrrole nitrogens is 1. The molecule has 1 aliphatic heterocycles. The first-order valence-electron chi connectivity index (χ1n) is 23.3. The van der Waals surface area contributed by atoms with E-state index in [0.29, 0.717) is 23.8 Å². The van der Waals surface area contributed by atoms with Gasteiger partial charge in [-0.15, -0.1) is 0 Å². The maximum absolute atomic E-state index is 16.6. The zero-order valence-corrected chi connectivity index (χ0v) is 41.2. The summed E-state index contributed by atoms with van der Waals surface area (Å²) in [6.07, 6.45) is 6.06. The number of amides is 2. The van der Waals surface area contributed by atoms with Crippen LogP contribution < -0.4 is 10.9 Å². The molecule has 2 saturated carbocycles. The van der Waals surface area contributed by atoms with Gasteiger partial charge in [-0.3, -0.25) is 28.5 Å².